The molecule has 1 aliphatic rings. The zero-order valence-electron chi connectivity index (χ0n) is 14.0. The fourth-order valence-electron chi connectivity index (χ4n) is 2.49. The molecule has 0 saturated carbocycles. The first kappa shape index (κ1) is 18.9. The average molecular weight is 397 g/mol. The van der Waals surface area contributed by atoms with E-state index in [2.05, 4.69) is 10.6 Å². The van der Waals surface area contributed by atoms with Crippen LogP contribution in [-0.4, -0.2) is 31.6 Å². The van der Waals surface area contributed by atoms with Crippen molar-refractivity contribution in [1.82, 2.24) is 5.32 Å². The van der Waals surface area contributed by atoms with Crippen LogP contribution < -0.4 is 20.1 Å². The number of hydrogen-bond donors (Lipinski definition) is 2. The minimum atomic E-state index is -0.970. The van der Waals surface area contributed by atoms with E-state index in [1.807, 2.05) is 0 Å². The molecule has 0 saturated heterocycles. The molecule has 0 aromatic heterocycles. The van der Waals surface area contributed by atoms with Crippen LogP contribution in [0, 0.1) is 11.6 Å². The largest absolute Gasteiger partial charge is 0.486 e. The number of anilines is 1. The van der Waals surface area contributed by atoms with Gasteiger partial charge in [-0.3, -0.25) is 9.59 Å². The van der Waals surface area contributed by atoms with E-state index in [0.717, 1.165) is 12.1 Å². The van der Waals surface area contributed by atoms with E-state index in [1.165, 1.54) is 18.2 Å². The molecule has 0 fully saturated rings. The number of benzene rings is 2. The Morgan fingerprint density at radius 2 is 1.67 bits per heavy atom. The molecule has 0 spiro atoms. The van der Waals surface area contributed by atoms with Crippen molar-refractivity contribution in [2.45, 2.75) is 6.42 Å². The molecule has 2 aromatic carbocycles. The highest BCUT2D eigenvalue weighted by atomic mass is 35.5. The van der Waals surface area contributed by atoms with Gasteiger partial charge in [-0.15, -0.1) is 0 Å². The molecule has 6 nitrogen and oxygen atoms in total. The molecule has 0 bridgehead atoms. The van der Waals surface area contributed by atoms with Gasteiger partial charge in [0.15, 0.2) is 11.5 Å². The van der Waals surface area contributed by atoms with Crippen molar-refractivity contribution in [3.05, 3.63) is 52.6 Å². The van der Waals surface area contributed by atoms with Gasteiger partial charge in [0.2, 0.25) is 0 Å². The number of amides is 2. The van der Waals surface area contributed by atoms with Crippen LogP contribution in [0.4, 0.5) is 14.5 Å². The van der Waals surface area contributed by atoms with E-state index in [-0.39, 0.29) is 29.2 Å². The third kappa shape index (κ3) is 4.46. The van der Waals surface area contributed by atoms with Crippen LogP contribution in [0.15, 0.2) is 30.3 Å². The maximum absolute atomic E-state index is 13.5. The Kier molecular flexibility index (Phi) is 5.75. The summed E-state index contributed by atoms with van der Waals surface area (Å²) in [5.74, 6) is -2.51. The Morgan fingerprint density at radius 3 is 2.33 bits per heavy atom. The van der Waals surface area contributed by atoms with E-state index in [1.54, 1.807) is 0 Å². The lowest BCUT2D eigenvalue weighted by Gasteiger charge is -2.19. The predicted molar refractivity (Wildman–Crippen MR) is 94.1 cm³/mol. The number of halogens is 3. The highest BCUT2D eigenvalue weighted by Crippen LogP contribution is 2.37. The number of hydrogen-bond acceptors (Lipinski definition) is 4. The quantitative estimate of drug-likeness (QED) is 0.779. The topological polar surface area (TPSA) is 76.7 Å². The van der Waals surface area contributed by atoms with Gasteiger partial charge in [0.25, 0.3) is 0 Å². The van der Waals surface area contributed by atoms with Crippen LogP contribution in [0.3, 0.4) is 0 Å². The first-order chi connectivity index (χ1) is 13.0. The second-order valence-corrected chi connectivity index (χ2v) is 6.04. The molecule has 2 aromatic rings. The minimum absolute atomic E-state index is 0.0949. The summed E-state index contributed by atoms with van der Waals surface area (Å²) in [6.45, 7) is 0.633. The zero-order valence-corrected chi connectivity index (χ0v) is 14.7. The summed E-state index contributed by atoms with van der Waals surface area (Å²) < 4.78 is 37.8. The van der Waals surface area contributed by atoms with Gasteiger partial charge in [0.05, 0.1) is 10.7 Å². The Hall–Kier alpha value is -2.87. The second kappa shape index (κ2) is 8.22. The van der Waals surface area contributed by atoms with E-state index in [9.17, 15) is 18.4 Å². The second-order valence-electron chi connectivity index (χ2n) is 5.64. The normalized spacial score (nSPS) is 12.4. The Morgan fingerprint density at radius 1 is 1.04 bits per heavy atom. The van der Waals surface area contributed by atoms with E-state index in [4.69, 9.17) is 21.1 Å². The number of carbonyl (C=O) groups excluding carboxylic acids is 2. The lowest BCUT2D eigenvalue weighted by molar-refractivity contribution is -0.136. The number of nitrogens with one attached hydrogen (secondary N) is 2. The van der Waals surface area contributed by atoms with Crippen molar-refractivity contribution in [3.8, 4) is 11.5 Å². The van der Waals surface area contributed by atoms with Crippen molar-refractivity contribution >= 4 is 29.1 Å². The summed E-state index contributed by atoms with van der Waals surface area (Å²) in [7, 11) is 0. The molecule has 1 aliphatic heterocycles. The summed E-state index contributed by atoms with van der Waals surface area (Å²) in [5.41, 5.74) is 0.0225. The Balaban J connectivity index is 1.57. The third-order valence-electron chi connectivity index (χ3n) is 3.81. The molecule has 9 heteroatoms. The van der Waals surface area contributed by atoms with Gasteiger partial charge in [0, 0.05) is 24.2 Å². The summed E-state index contributed by atoms with van der Waals surface area (Å²) >= 11 is 6.06. The van der Waals surface area contributed by atoms with Crippen LogP contribution in [0.2, 0.25) is 5.02 Å². The fraction of sp³-hybridized carbons (Fsp3) is 0.222. The Labute approximate surface area is 158 Å². The number of rotatable bonds is 4. The number of ether oxygens (including phenoxy) is 2. The van der Waals surface area contributed by atoms with Crippen molar-refractivity contribution < 1.29 is 27.8 Å². The van der Waals surface area contributed by atoms with Crippen molar-refractivity contribution in [3.63, 3.8) is 0 Å². The first-order valence-electron chi connectivity index (χ1n) is 8.07. The van der Waals surface area contributed by atoms with Crippen LogP contribution in [0.1, 0.15) is 5.56 Å². The van der Waals surface area contributed by atoms with Crippen molar-refractivity contribution in [1.29, 1.82) is 0 Å². The summed E-state index contributed by atoms with van der Waals surface area (Å²) in [4.78, 5) is 23.9. The lowest BCUT2D eigenvalue weighted by atomic mass is 10.1. The summed E-state index contributed by atoms with van der Waals surface area (Å²) in [5, 5.41) is 4.84. The van der Waals surface area contributed by atoms with Gasteiger partial charge < -0.3 is 20.1 Å². The van der Waals surface area contributed by atoms with Crippen LogP contribution in [0.5, 0.6) is 11.5 Å². The van der Waals surface area contributed by atoms with Gasteiger partial charge in [-0.05, 0) is 18.6 Å². The molecule has 0 aliphatic carbocycles. The van der Waals surface area contributed by atoms with Gasteiger partial charge in [-0.1, -0.05) is 17.7 Å². The van der Waals surface area contributed by atoms with Gasteiger partial charge in [-0.25, -0.2) is 8.78 Å². The lowest BCUT2D eigenvalue weighted by Crippen LogP contribution is -2.36. The van der Waals surface area contributed by atoms with E-state index < -0.39 is 23.4 Å². The average Bonchev–Trinajstić information content (AvgIpc) is 2.64. The molecule has 2 N–H and O–H groups in total. The SMILES string of the molecule is O=C(NCCc1c(F)cccc1F)C(=O)Nc1cc2c(cc1Cl)OCCO2. The van der Waals surface area contributed by atoms with Gasteiger partial charge >= 0.3 is 11.8 Å². The molecule has 0 atom stereocenters. The molecular formula is C18H15ClF2N2O4. The molecule has 1 heterocycles. The number of fused-ring (bicyclic) bond motifs is 1. The minimum Gasteiger partial charge on any atom is -0.486 e. The molecule has 0 unspecified atom stereocenters. The predicted octanol–water partition coefficient (Wildman–Crippen LogP) is 2.69. The zero-order chi connectivity index (χ0) is 19.4. The number of carbonyl (C=O) groups is 2. The van der Waals surface area contributed by atoms with E-state index in [0.29, 0.717) is 24.7 Å². The van der Waals surface area contributed by atoms with Crippen LogP contribution in [0.25, 0.3) is 0 Å². The van der Waals surface area contributed by atoms with Gasteiger partial charge in [0.1, 0.15) is 24.8 Å². The maximum Gasteiger partial charge on any atom is 0.313 e. The third-order valence-corrected chi connectivity index (χ3v) is 4.12. The molecular weight excluding hydrogens is 382 g/mol. The smallest absolute Gasteiger partial charge is 0.313 e. The highest BCUT2D eigenvalue weighted by Gasteiger charge is 2.19. The fourth-order valence-corrected chi connectivity index (χ4v) is 2.69. The van der Waals surface area contributed by atoms with E-state index >= 15 is 0 Å². The molecule has 27 heavy (non-hydrogen) atoms. The summed E-state index contributed by atoms with van der Waals surface area (Å²) in [6.07, 6.45) is -0.0949. The molecule has 2 amide bonds. The van der Waals surface area contributed by atoms with Gasteiger partial charge in [-0.2, -0.15) is 0 Å². The van der Waals surface area contributed by atoms with Crippen LogP contribution in [-0.2, 0) is 16.0 Å². The van der Waals surface area contributed by atoms with Crippen molar-refractivity contribution in [2.75, 3.05) is 25.1 Å². The molecule has 3 rings (SSSR count). The van der Waals surface area contributed by atoms with Crippen LogP contribution >= 0.6 is 11.6 Å². The monoisotopic (exact) mass is 396 g/mol. The molecule has 142 valence electrons. The Bertz CT molecular complexity index is 872. The standard InChI is InChI=1S/C18H15ClF2N2O4/c19-11-8-15-16(27-7-6-26-15)9-14(11)23-18(25)17(24)22-5-4-10-12(20)2-1-3-13(10)21/h1-3,8-9H,4-7H2,(H,22,24)(H,23,25). The first-order valence-corrected chi connectivity index (χ1v) is 8.44. The maximum atomic E-state index is 13.5. The summed E-state index contributed by atoms with van der Waals surface area (Å²) in [6, 6.07) is 6.42. The molecule has 0 radical (unpaired) electrons. The van der Waals surface area contributed by atoms with Crippen molar-refractivity contribution in [2.24, 2.45) is 0 Å². The highest BCUT2D eigenvalue weighted by molar-refractivity contribution is 6.41.